The van der Waals surface area contributed by atoms with Gasteiger partial charge in [0.1, 0.15) is 17.1 Å². The van der Waals surface area contributed by atoms with Gasteiger partial charge in [-0.05, 0) is 43.5 Å². The van der Waals surface area contributed by atoms with E-state index in [1.165, 1.54) is 19.3 Å². The number of rotatable bonds is 7. The van der Waals surface area contributed by atoms with Crippen molar-refractivity contribution in [3.05, 3.63) is 35.5 Å². The van der Waals surface area contributed by atoms with Gasteiger partial charge in [0.15, 0.2) is 0 Å². The van der Waals surface area contributed by atoms with E-state index in [9.17, 15) is 10.1 Å². The molecule has 27 heavy (non-hydrogen) atoms. The Balaban J connectivity index is 2.14. The maximum Gasteiger partial charge on any atom is 0.239 e. The van der Waals surface area contributed by atoms with Crippen LogP contribution in [0.3, 0.4) is 0 Å². The van der Waals surface area contributed by atoms with Gasteiger partial charge in [0.25, 0.3) is 0 Å². The first kappa shape index (κ1) is 20.7. The van der Waals surface area contributed by atoms with E-state index < -0.39 is 6.04 Å². The van der Waals surface area contributed by atoms with Crippen molar-refractivity contribution < 1.29 is 4.79 Å². The summed E-state index contributed by atoms with van der Waals surface area (Å²) in [6, 6.07) is 6.91. The number of carbonyl (C=O) groups is 1. The van der Waals surface area contributed by atoms with Gasteiger partial charge in [-0.2, -0.15) is 5.26 Å². The van der Waals surface area contributed by atoms with E-state index >= 15 is 0 Å². The number of thiocarbonyl (C=S) groups is 1. The van der Waals surface area contributed by atoms with Crippen LogP contribution in [0, 0.1) is 17.2 Å². The van der Waals surface area contributed by atoms with Gasteiger partial charge in [-0.1, -0.05) is 44.3 Å². The third kappa shape index (κ3) is 6.57. The van der Waals surface area contributed by atoms with Gasteiger partial charge in [-0.25, -0.2) is 0 Å². The molecule has 0 heterocycles. The van der Waals surface area contributed by atoms with Crippen LogP contribution in [0.4, 0.5) is 11.4 Å². The number of anilines is 2. The summed E-state index contributed by atoms with van der Waals surface area (Å²) in [5.74, 6) is 0.154. The van der Waals surface area contributed by atoms with E-state index in [1.54, 1.807) is 31.2 Å². The van der Waals surface area contributed by atoms with E-state index in [2.05, 4.69) is 16.7 Å². The highest BCUT2D eigenvalue weighted by Gasteiger charge is 2.23. The van der Waals surface area contributed by atoms with Gasteiger partial charge in [0.2, 0.25) is 5.91 Å². The van der Waals surface area contributed by atoms with E-state index in [1.807, 2.05) is 0 Å². The maximum atomic E-state index is 11.9. The van der Waals surface area contributed by atoms with Crippen LogP contribution in [-0.4, -0.2) is 16.9 Å². The third-order valence-electron chi connectivity index (χ3n) is 4.73. The molecule has 1 saturated carbocycles. The Morgan fingerprint density at radius 3 is 2.67 bits per heavy atom. The fourth-order valence-electron chi connectivity index (χ4n) is 3.41. The summed E-state index contributed by atoms with van der Waals surface area (Å²) in [5, 5.41) is 15.6. The predicted octanol–water partition coefficient (Wildman–Crippen LogP) is 3.40. The molecular weight excluding hydrogens is 358 g/mol. The van der Waals surface area contributed by atoms with Crippen LogP contribution in [0.1, 0.15) is 51.0 Å². The van der Waals surface area contributed by atoms with Crippen molar-refractivity contribution in [2.75, 3.05) is 10.6 Å². The summed E-state index contributed by atoms with van der Waals surface area (Å²) in [5.41, 5.74) is 13.6. The molecule has 1 atom stereocenters. The average Bonchev–Trinajstić information content (AvgIpc) is 2.61. The molecule has 1 amide bonds. The highest BCUT2D eigenvalue weighted by molar-refractivity contribution is 7.81. The molecule has 7 heteroatoms. The largest absolute Gasteiger partial charge is 0.402 e. The van der Waals surface area contributed by atoms with Crippen molar-refractivity contribution in [1.82, 2.24) is 0 Å². The molecule has 0 aromatic heterocycles. The van der Waals surface area contributed by atoms with Crippen molar-refractivity contribution in [2.45, 2.75) is 51.5 Å². The number of nitrogens with two attached hydrogens (primary N) is 2. The van der Waals surface area contributed by atoms with Crippen LogP contribution in [-0.2, 0) is 4.79 Å². The number of hydrogen-bond donors (Lipinski definition) is 4. The summed E-state index contributed by atoms with van der Waals surface area (Å²) in [6.45, 7) is 1.74. The first-order valence-corrected chi connectivity index (χ1v) is 9.64. The van der Waals surface area contributed by atoms with Crippen molar-refractivity contribution in [3.63, 3.8) is 0 Å². The first-order chi connectivity index (χ1) is 12.9. The van der Waals surface area contributed by atoms with Crippen molar-refractivity contribution in [1.29, 1.82) is 5.26 Å². The molecule has 1 aliphatic carbocycles. The Hall–Kier alpha value is -2.59. The van der Waals surface area contributed by atoms with Crippen molar-refractivity contribution >= 4 is 34.5 Å². The minimum Gasteiger partial charge on any atom is -0.402 e. The molecule has 144 valence electrons. The van der Waals surface area contributed by atoms with Gasteiger partial charge in [-0.3, -0.25) is 4.79 Å². The molecule has 6 N–H and O–H groups in total. The second-order valence-electron chi connectivity index (χ2n) is 7.09. The molecule has 0 unspecified atom stereocenters. The SMILES string of the molecule is CC(N)=CC(=S)Nc1cc(N[C@H](CC2CCCCC2)C(N)=O)ccc1C#N. The third-order valence-corrected chi connectivity index (χ3v) is 4.95. The molecular formula is C20H27N5OS. The Bertz CT molecular complexity index is 758. The molecule has 2 rings (SSSR count). The molecule has 1 fully saturated rings. The highest BCUT2D eigenvalue weighted by atomic mass is 32.1. The quantitative estimate of drug-likeness (QED) is 0.422. The van der Waals surface area contributed by atoms with Crippen LogP contribution in [0.5, 0.6) is 0 Å². The Morgan fingerprint density at radius 1 is 1.37 bits per heavy atom. The fourth-order valence-corrected chi connectivity index (χ4v) is 3.71. The van der Waals surface area contributed by atoms with Gasteiger partial charge in [0, 0.05) is 11.4 Å². The molecule has 1 aliphatic rings. The second kappa shape index (κ2) is 9.93. The minimum absolute atomic E-state index is 0.364. The standard InChI is InChI=1S/C20H27N5OS/c1-13(22)9-19(27)25-17-11-16(8-7-15(17)12-21)24-18(20(23)26)10-14-5-3-2-4-6-14/h7-9,11,14,18,24H,2-6,10,22H2,1H3,(H2,23,26)(H,25,27)/t18-/m1/s1. The maximum absolute atomic E-state index is 11.9. The molecule has 0 bridgehead atoms. The molecule has 6 nitrogen and oxygen atoms in total. The number of nitriles is 1. The number of nitrogens with zero attached hydrogens (tertiary/aromatic N) is 1. The van der Waals surface area contributed by atoms with Crippen LogP contribution in [0.15, 0.2) is 30.0 Å². The lowest BCUT2D eigenvalue weighted by Gasteiger charge is -2.26. The average molecular weight is 386 g/mol. The van der Waals surface area contributed by atoms with E-state index in [0.29, 0.717) is 33.5 Å². The zero-order valence-electron chi connectivity index (χ0n) is 15.6. The van der Waals surface area contributed by atoms with E-state index in [0.717, 1.165) is 19.3 Å². The number of allylic oxidation sites excluding steroid dienone is 1. The summed E-state index contributed by atoms with van der Waals surface area (Å²) in [4.78, 5) is 12.3. The lowest BCUT2D eigenvalue weighted by Crippen LogP contribution is -2.37. The summed E-state index contributed by atoms with van der Waals surface area (Å²) < 4.78 is 0. The zero-order valence-corrected chi connectivity index (χ0v) is 16.4. The van der Waals surface area contributed by atoms with Crippen LogP contribution in [0.2, 0.25) is 0 Å². The highest BCUT2D eigenvalue weighted by Crippen LogP contribution is 2.29. The lowest BCUT2D eigenvalue weighted by molar-refractivity contribution is -0.119. The number of hydrogen-bond acceptors (Lipinski definition) is 5. The number of amides is 1. The summed E-state index contributed by atoms with van der Waals surface area (Å²) >= 11 is 5.23. The molecule has 0 saturated heterocycles. The van der Waals surface area contributed by atoms with Crippen LogP contribution < -0.4 is 22.1 Å². The molecule has 1 aromatic carbocycles. The summed E-state index contributed by atoms with van der Waals surface area (Å²) in [7, 11) is 0. The van der Waals surface area contributed by atoms with Crippen LogP contribution in [0.25, 0.3) is 0 Å². The molecule has 0 aliphatic heterocycles. The van der Waals surface area contributed by atoms with Crippen LogP contribution >= 0.6 is 12.2 Å². The lowest BCUT2D eigenvalue weighted by atomic mass is 9.84. The predicted molar refractivity (Wildman–Crippen MR) is 113 cm³/mol. The number of nitrogens with one attached hydrogen (secondary N) is 2. The Morgan fingerprint density at radius 2 is 2.07 bits per heavy atom. The number of benzene rings is 1. The topological polar surface area (TPSA) is 117 Å². The molecule has 0 radical (unpaired) electrons. The van der Waals surface area contributed by atoms with E-state index in [4.69, 9.17) is 23.7 Å². The smallest absolute Gasteiger partial charge is 0.239 e. The summed E-state index contributed by atoms with van der Waals surface area (Å²) in [6.07, 6.45) is 8.33. The number of primary amides is 1. The van der Waals surface area contributed by atoms with Gasteiger partial charge in [-0.15, -0.1) is 0 Å². The normalized spacial score (nSPS) is 16.2. The fraction of sp³-hybridized carbons (Fsp3) is 0.450. The molecule has 1 aromatic rings. The number of carbonyl (C=O) groups excluding carboxylic acids is 1. The zero-order chi connectivity index (χ0) is 19.8. The Labute approximate surface area is 166 Å². The molecule has 0 spiro atoms. The van der Waals surface area contributed by atoms with Gasteiger partial charge in [0.05, 0.1) is 11.3 Å². The van der Waals surface area contributed by atoms with Gasteiger partial charge >= 0.3 is 0 Å². The van der Waals surface area contributed by atoms with Crippen molar-refractivity contribution in [2.24, 2.45) is 17.4 Å². The first-order valence-electron chi connectivity index (χ1n) is 9.23. The van der Waals surface area contributed by atoms with E-state index in [-0.39, 0.29) is 5.91 Å². The Kier molecular flexibility index (Phi) is 7.62. The minimum atomic E-state index is -0.438. The second-order valence-corrected chi connectivity index (χ2v) is 7.53. The van der Waals surface area contributed by atoms with Crippen molar-refractivity contribution in [3.8, 4) is 6.07 Å². The monoisotopic (exact) mass is 385 g/mol. The van der Waals surface area contributed by atoms with Gasteiger partial charge < -0.3 is 22.1 Å².